The molecule has 0 aliphatic heterocycles. The summed E-state index contributed by atoms with van der Waals surface area (Å²) in [6.07, 6.45) is 0.278. The number of halogens is 1. The summed E-state index contributed by atoms with van der Waals surface area (Å²) in [7, 11) is 0. The molecule has 0 unspecified atom stereocenters. The zero-order valence-electron chi connectivity index (χ0n) is 10.8. The number of rotatable bonds is 5. The topological polar surface area (TPSA) is 64.3 Å². The van der Waals surface area contributed by atoms with Crippen LogP contribution in [0.1, 0.15) is 6.42 Å². The van der Waals surface area contributed by atoms with Gasteiger partial charge in [0, 0.05) is 9.26 Å². The van der Waals surface area contributed by atoms with Crippen molar-refractivity contribution in [1.29, 1.82) is 0 Å². The highest BCUT2D eigenvalue weighted by atomic mass is 127. The second-order valence-electron chi connectivity index (χ2n) is 4.19. The Bertz CT molecular complexity index is 602. The SMILES string of the molecule is Nc1ccccc1OCCC(=O)Nc1cccc(I)c1. The van der Waals surface area contributed by atoms with E-state index in [4.69, 9.17) is 10.5 Å². The molecule has 0 fully saturated rings. The Morgan fingerprint density at radius 1 is 1.20 bits per heavy atom. The summed E-state index contributed by atoms with van der Waals surface area (Å²) in [5, 5.41) is 2.83. The van der Waals surface area contributed by atoms with Gasteiger partial charge in [-0.25, -0.2) is 0 Å². The van der Waals surface area contributed by atoms with Crippen LogP contribution in [-0.4, -0.2) is 12.5 Å². The highest BCUT2D eigenvalue weighted by Crippen LogP contribution is 2.19. The van der Waals surface area contributed by atoms with Crippen molar-refractivity contribution in [2.45, 2.75) is 6.42 Å². The molecular weight excluding hydrogens is 367 g/mol. The van der Waals surface area contributed by atoms with E-state index in [9.17, 15) is 4.79 Å². The van der Waals surface area contributed by atoms with Gasteiger partial charge in [-0.15, -0.1) is 0 Å². The first-order chi connectivity index (χ1) is 9.65. The fourth-order valence-corrected chi connectivity index (χ4v) is 2.20. The minimum atomic E-state index is -0.0819. The lowest BCUT2D eigenvalue weighted by Crippen LogP contribution is -2.15. The van der Waals surface area contributed by atoms with Gasteiger partial charge in [-0.1, -0.05) is 18.2 Å². The molecule has 0 saturated heterocycles. The summed E-state index contributed by atoms with van der Waals surface area (Å²) in [4.78, 5) is 11.8. The molecule has 0 heterocycles. The maximum Gasteiger partial charge on any atom is 0.227 e. The zero-order chi connectivity index (χ0) is 14.4. The van der Waals surface area contributed by atoms with Gasteiger partial charge in [0.2, 0.25) is 5.91 Å². The Balaban J connectivity index is 1.80. The van der Waals surface area contributed by atoms with Crippen LogP contribution in [0.25, 0.3) is 0 Å². The number of amides is 1. The monoisotopic (exact) mass is 382 g/mol. The molecule has 20 heavy (non-hydrogen) atoms. The van der Waals surface area contributed by atoms with Crippen molar-refractivity contribution in [3.05, 3.63) is 52.1 Å². The van der Waals surface area contributed by atoms with Crippen LogP contribution in [0, 0.1) is 3.57 Å². The molecule has 0 aliphatic rings. The Labute approximate surface area is 131 Å². The summed E-state index contributed by atoms with van der Waals surface area (Å²) in [6.45, 7) is 0.296. The van der Waals surface area contributed by atoms with Gasteiger partial charge in [0.25, 0.3) is 0 Å². The highest BCUT2D eigenvalue weighted by molar-refractivity contribution is 14.1. The third-order valence-corrected chi connectivity index (χ3v) is 3.29. The Morgan fingerprint density at radius 2 is 2.00 bits per heavy atom. The van der Waals surface area contributed by atoms with Crippen LogP contribution in [0.5, 0.6) is 5.75 Å². The first-order valence-electron chi connectivity index (χ1n) is 6.18. The van der Waals surface area contributed by atoms with E-state index < -0.39 is 0 Å². The van der Waals surface area contributed by atoms with Crippen LogP contribution < -0.4 is 15.8 Å². The molecule has 1 amide bonds. The molecule has 0 bridgehead atoms. The number of nitrogen functional groups attached to an aromatic ring is 1. The number of ether oxygens (including phenoxy) is 1. The number of benzene rings is 2. The van der Waals surface area contributed by atoms with Crippen molar-refractivity contribution in [3.8, 4) is 5.75 Å². The quantitative estimate of drug-likeness (QED) is 0.616. The molecule has 5 heteroatoms. The van der Waals surface area contributed by atoms with E-state index in [0.29, 0.717) is 18.0 Å². The second-order valence-corrected chi connectivity index (χ2v) is 5.44. The minimum absolute atomic E-state index is 0.0819. The third kappa shape index (κ3) is 4.41. The first kappa shape index (κ1) is 14.6. The summed E-state index contributed by atoms with van der Waals surface area (Å²) >= 11 is 2.20. The molecule has 104 valence electrons. The molecule has 2 aromatic rings. The first-order valence-corrected chi connectivity index (χ1v) is 7.26. The lowest BCUT2D eigenvalue weighted by molar-refractivity contribution is -0.116. The predicted molar refractivity (Wildman–Crippen MR) is 88.8 cm³/mol. The Kier molecular flexibility index (Phi) is 5.23. The fraction of sp³-hybridized carbons (Fsp3) is 0.133. The zero-order valence-corrected chi connectivity index (χ0v) is 13.0. The molecule has 3 N–H and O–H groups in total. The number of nitrogens with one attached hydrogen (secondary N) is 1. The van der Waals surface area contributed by atoms with E-state index in [0.717, 1.165) is 9.26 Å². The molecule has 0 atom stereocenters. The van der Waals surface area contributed by atoms with E-state index in [-0.39, 0.29) is 12.3 Å². The lowest BCUT2D eigenvalue weighted by Gasteiger charge is -2.09. The van der Waals surface area contributed by atoms with Crippen molar-refractivity contribution in [2.24, 2.45) is 0 Å². The Morgan fingerprint density at radius 3 is 2.75 bits per heavy atom. The fourth-order valence-electron chi connectivity index (χ4n) is 1.66. The van der Waals surface area contributed by atoms with E-state index >= 15 is 0 Å². The van der Waals surface area contributed by atoms with Gasteiger partial charge in [-0.3, -0.25) is 4.79 Å². The number of anilines is 2. The van der Waals surface area contributed by atoms with E-state index in [1.165, 1.54) is 0 Å². The molecule has 0 aliphatic carbocycles. The average Bonchev–Trinajstić information content (AvgIpc) is 2.41. The van der Waals surface area contributed by atoms with Crippen molar-refractivity contribution in [1.82, 2.24) is 0 Å². The van der Waals surface area contributed by atoms with Gasteiger partial charge in [-0.05, 0) is 52.9 Å². The lowest BCUT2D eigenvalue weighted by atomic mass is 10.3. The van der Waals surface area contributed by atoms with Crippen LogP contribution in [0.2, 0.25) is 0 Å². The van der Waals surface area contributed by atoms with Gasteiger partial charge >= 0.3 is 0 Å². The maximum absolute atomic E-state index is 11.8. The van der Waals surface area contributed by atoms with Crippen molar-refractivity contribution >= 4 is 39.9 Å². The molecule has 0 spiro atoms. The molecule has 0 saturated carbocycles. The van der Waals surface area contributed by atoms with Gasteiger partial charge in [-0.2, -0.15) is 0 Å². The summed E-state index contributed by atoms with van der Waals surface area (Å²) in [6, 6.07) is 14.9. The molecule has 0 aromatic heterocycles. The molecule has 4 nitrogen and oxygen atoms in total. The smallest absolute Gasteiger partial charge is 0.227 e. The van der Waals surface area contributed by atoms with Crippen LogP contribution in [0.4, 0.5) is 11.4 Å². The number of hydrogen-bond donors (Lipinski definition) is 2. The normalized spacial score (nSPS) is 10.1. The van der Waals surface area contributed by atoms with Gasteiger partial charge in [0.05, 0.1) is 18.7 Å². The minimum Gasteiger partial charge on any atom is -0.491 e. The van der Waals surface area contributed by atoms with E-state index in [2.05, 4.69) is 27.9 Å². The van der Waals surface area contributed by atoms with E-state index in [1.54, 1.807) is 12.1 Å². The standard InChI is InChI=1S/C15H15IN2O2/c16-11-4-3-5-12(10-11)18-15(19)8-9-20-14-7-2-1-6-13(14)17/h1-7,10H,8-9,17H2,(H,18,19). The van der Waals surface area contributed by atoms with Crippen LogP contribution in [-0.2, 0) is 4.79 Å². The number of carbonyl (C=O) groups excluding carboxylic acids is 1. The van der Waals surface area contributed by atoms with Crippen LogP contribution in [0.3, 0.4) is 0 Å². The van der Waals surface area contributed by atoms with Crippen molar-refractivity contribution < 1.29 is 9.53 Å². The molecule has 0 radical (unpaired) electrons. The van der Waals surface area contributed by atoms with Gasteiger partial charge in [0.1, 0.15) is 5.75 Å². The van der Waals surface area contributed by atoms with Crippen molar-refractivity contribution in [2.75, 3.05) is 17.7 Å². The van der Waals surface area contributed by atoms with E-state index in [1.807, 2.05) is 36.4 Å². The summed E-state index contributed by atoms with van der Waals surface area (Å²) in [5.74, 6) is 0.524. The Hall–Kier alpha value is -1.76. The van der Waals surface area contributed by atoms with Crippen LogP contribution in [0.15, 0.2) is 48.5 Å². The molecular formula is C15H15IN2O2. The maximum atomic E-state index is 11.8. The summed E-state index contributed by atoms with van der Waals surface area (Å²) in [5.41, 5.74) is 7.12. The second kappa shape index (κ2) is 7.14. The third-order valence-electron chi connectivity index (χ3n) is 2.61. The van der Waals surface area contributed by atoms with Crippen LogP contribution >= 0.6 is 22.6 Å². The highest BCUT2D eigenvalue weighted by Gasteiger charge is 2.04. The predicted octanol–water partition coefficient (Wildman–Crippen LogP) is 3.28. The summed E-state index contributed by atoms with van der Waals surface area (Å²) < 4.78 is 6.56. The average molecular weight is 382 g/mol. The molecule has 2 aromatic carbocycles. The largest absolute Gasteiger partial charge is 0.491 e. The number of para-hydroxylation sites is 2. The number of nitrogens with two attached hydrogens (primary N) is 1. The van der Waals surface area contributed by atoms with Gasteiger partial charge < -0.3 is 15.8 Å². The number of hydrogen-bond acceptors (Lipinski definition) is 3. The number of carbonyl (C=O) groups is 1. The van der Waals surface area contributed by atoms with Gasteiger partial charge in [0.15, 0.2) is 0 Å². The van der Waals surface area contributed by atoms with Crippen molar-refractivity contribution in [3.63, 3.8) is 0 Å². The molecule has 2 rings (SSSR count).